The highest BCUT2D eigenvalue weighted by Gasteiger charge is 2.15. The summed E-state index contributed by atoms with van der Waals surface area (Å²) in [6, 6.07) is 0. The average Bonchev–Trinajstić information content (AvgIpc) is 2.31. The topological polar surface area (TPSA) is 85.9 Å². The molecule has 0 aromatic rings. The molecule has 0 aromatic carbocycles. The average molecular weight is 290 g/mol. The van der Waals surface area contributed by atoms with Crippen molar-refractivity contribution in [2.75, 3.05) is 27.0 Å². The molecule has 0 bridgehead atoms. The van der Waals surface area contributed by atoms with Crippen LogP contribution in [-0.2, 0) is 19.0 Å². The molecule has 118 valence electrons. The van der Waals surface area contributed by atoms with Crippen LogP contribution in [0.25, 0.3) is 0 Å². The summed E-state index contributed by atoms with van der Waals surface area (Å²) in [6.07, 6.45) is -0.00246. The van der Waals surface area contributed by atoms with E-state index in [4.69, 9.17) is 14.2 Å². The van der Waals surface area contributed by atoms with Crippen LogP contribution in [0.5, 0.6) is 0 Å². The standard InChI is InChI=1S/C13H26N2O5/c1-10(19-8-11(16)15-9-18-5)6-7-14-12(17)20-13(2,3)4/h10H,6-9H2,1-5H3,(H,14,17)(H,15,16). The fourth-order valence-corrected chi connectivity index (χ4v) is 1.20. The van der Waals surface area contributed by atoms with E-state index >= 15 is 0 Å². The van der Waals surface area contributed by atoms with Crippen LogP contribution in [0, 0.1) is 0 Å². The maximum atomic E-state index is 11.4. The van der Waals surface area contributed by atoms with Crippen molar-refractivity contribution in [1.29, 1.82) is 0 Å². The molecule has 1 atom stereocenters. The van der Waals surface area contributed by atoms with Gasteiger partial charge in [0.15, 0.2) is 0 Å². The lowest BCUT2D eigenvalue weighted by Crippen LogP contribution is -2.34. The number of hydrogen-bond donors (Lipinski definition) is 2. The highest BCUT2D eigenvalue weighted by molar-refractivity contribution is 5.76. The smallest absolute Gasteiger partial charge is 0.407 e. The quantitative estimate of drug-likeness (QED) is 0.652. The maximum absolute atomic E-state index is 11.4. The molecule has 7 nitrogen and oxygen atoms in total. The molecule has 7 heteroatoms. The van der Waals surface area contributed by atoms with Gasteiger partial charge in [0.1, 0.15) is 18.9 Å². The van der Waals surface area contributed by atoms with E-state index in [-0.39, 0.29) is 25.3 Å². The van der Waals surface area contributed by atoms with Crippen LogP contribution in [0.4, 0.5) is 4.79 Å². The van der Waals surface area contributed by atoms with E-state index in [0.717, 1.165) is 0 Å². The fourth-order valence-electron chi connectivity index (χ4n) is 1.20. The Morgan fingerprint density at radius 2 is 1.85 bits per heavy atom. The van der Waals surface area contributed by atoms with Crippen LogP contribution in [0.1, 0.15) is 34.1 Å². The number of hydrogen-bond acceptors (Lipinski definition) is 5. The molecule has 0 radical (unpaired) electrons. The molecule has 0 rings (SSSR count). The van der Waals surface area contributed by atoms with Gasteiger partial charge < -0.3 is 24.8 Å². The Hall–Kier alpha value is -1.34. The van der Waals surface area contributed by atoms with Crippen LogP contribution < -0.4 is 10.6 Å². The number of methoxy groups -OCH3 is 1. The summed E-state index contributed by atoms with van der Waals surface area (Å²) in [5, 5.41) is 5.14. The second-order valence-corrected chi connectivity index (χ2v) is 5.37. The van der Waals surface area contributed by atoms with Gasteiger partial charge in [-0.3, -0.25) is 4.79 Å². The molecule has 0 aliphatic carbocycles. The van der Waals surface area contributed by atoms with E-state index in [0.29, 0.717) is 13.0 Å². The Morgan fingerprint density at radius 1 is 1.20 bits per heavy atom. The second kappa shape index (κ2) is 9.55. The predicted molar refractivity (Wildman–Crippen MR) is 74.3 cm³/mol. The first-order valence-corrected chi connectivity index (χ1v) is 6.58. The zero-order valence-corrected chi connectivity index (χ0v) is 12.9. The number of nitrogens with one attached hydrogen (secondary N) is 2. The number of rotatable bonds is 8. The lowest BCUT2D eigenvalue weighted by molar-refractivity contribution is -0.128. The first-order chi connectivity index (χ1) is 9.24. The molecule has 0 aliphatic heterocycles. The minimum absolute atomic E-state index is 0.0308. The normalized spacial score (nSPS) is 12.7. The summed E-state index contributed by atoms with van der Waals surface area (Å²) in [6.45, 7) is 7.80. The molecule has 0 aliphatic rings. The van der Waals surface area contributed by atoms with Crippen molar-refractivity contribution < 1.29 is 23.8 Å². The van der Waals surface area contributed by atoms with Crippen LogP contribution in [-0.4, -0.2) is 50.7 Å². The number of alkyl carbamates (subject to hydrolysis) is 1. The molecule has 0 heterocycles. The van der Waals surface area contributed by atoms with E-state index in [1.807, 2.05) is 6.92 Å². The molecule has 0 saturated carbocycles. The van der Waals surface area contributed by atoms with Crippen LogP contribution in [0.15, 0.2) is 0 Å². The summed E-state index contributed by atoms with van der Waals surface area (Å²) < 4.78 is 15.1. The van der Waals surface area contributed by atoms with E-state index in [1.54, 1.807) is 20.8 Å². The van der Waals surface area contributed by atoms with Gasteiger partial charge in [-0.1, -0.05) is 0 Å². The molecule has 0 spiro atoms. The summed E-state index contributed by atoms with van der Waals surface area (Å²) in [5.74, 6) is -0.237. The van der Waals surface area contributed by atoms with Crippen molar-refractivity contribution in [3.63, 3.8) is 0 Å². The zero-order chi connectivity index (χ0) is 15.6. The SMILES string of the molecule is COCNC(=O)COC(C)CCNC(=O)OC(C)(C)C. The lowest BCUT2D eigenvalue weighted by atomic mass is 10.2. The molecule has 0 fully saturated rings. The Bertz CT molecular complexity index is 302. The van der Waals surface area contributed by atoms with E-state index in [1.165, 1.54) is 7.11 Å². The largest absolute Gasteiger partial charge is 0.444 e. The number of carbonyl (C=O) groups is 2. The van der Waals surface area contributed by atoms with Gasteiger partial charge in [-0.05, 0) is 34.1 Å². The summed E-state index contributed by atoms with van der Waals surface area (Å²) >= 11 is 0. The van der Waals surface area contributed by atoms with Gasteiger partial charge in [-0.15, -0.1) is 0 Å². The molecule has 0 saturated heterocycles. The van der Waals surface area contributed by atoms with Gasteiger partial charge >= 0.3 is 6.09 Å². The van der Waals surface area contributed by atoms with Crippen molar-refractivity contribution in [3.8, 4) is 0 Å². The highest BCUT2D eigenvalue weighted by Crippen LogP contribution is 2.06. The second-order valence-electron chi connectivity index (χ2n) is 5.37. The molecular formula is C13H26N2O5. The Kier molecular flexibility index (Phi) is 8.91. The number of amides is 2. The third-order valence-corrected chi connectivity index (χ3v) is 2.13. The van der Waals surface area contributed by atoms with E-state index in [2.05, 4.69) is 10.6 Å². The molecule has 2 N–H and O–H groups in total. The summed E-state index contributed by atoms with van der Waals surface area (Å²) in [7, 11) is 1.49. The number of ether oxygens (including phenoxy) is 3. The third-order valence-electron chi connectivity index (χ3n) is 2.13. The van der Waals surface area contributed by atoms with Gasteiger partial charge in [-0.2, -0.15) is 0 Å². The zero-order valence-electron chi connectivity index (χ0n) is 12.9. The minimum Gasteiger partial charge on any atom is -0.444 e. The Labute approximate surface area is 120 Å². The fraction of sp³-hybridized carbons (Fsp3) is 0.846. The van der Waals surface area contributed by atoms with E-state index in [9.17, 15) is 9.59 Å². The molecular weight excluding hydrogens is 264 g/mol. The van der Waals surface area contributed by atoms with Crippen molar-refractivity contribution in [1.82, 2.24) is 10.6 Å². The first-order valence-electron chi connectivity index (χ1n) is 6.58. The lowest BCUT2D eigenvalue weighted by Gasteiger charge is -2.20. The first kappa shape index (κ1) is 18.7. The van der Waals surface area contributed by atoms with Gasteiger partial charge in [0.05, 0.1) is 6.10 Å². The van der Waals surface area contributed by atoms with Crippen molar-refractivity contribution in [2.24, 2.45) is 0 Å². The highest BCUT2D eigenvalue weighted by atomic mass is 16.6. The molecule has 2 amide bonds. The minimum atomic E-state index is -0.508. The van der Waals surface area contributed by atoms with Crippen molar-refractivity contribution in [2.45, 2.75) is 45.8 Å². The molecule has 20 heavy (non-hydrogen) atoms. The van der Waals surface area contributed by atoms with E-state index < -0.39 is 11.7 Å². The summed E-state index contributed by atoms with van der Waals surface area (Å²) in [4.78, 5) is 22.6. The Balaban J connectivity index is 3.65. The van der Waals surface area contributed by atoms with Gasteiger partial charge in [0.25, 0.3) is 0 Å². The van der Waals surface area contributed by atoms with Crippen LogP contribution >= 0.6 is 0 Å². The Morgan fingerprint density at radius 3 is 2.40 bits per heavy atom. The van der Waals surface area contributed by atoms with Crippen molar-refractivity contribution >= 4 is 12.0 Å². The maximum Gasteiger partial charge on any atom is 0.407 e. The molecule has 1 unspecified atom stereocenters. The van der Waals surface area contributed by atoms with Gasteiger partial charge in [0.2, 0.25) is 5.91 Å². The van der Waals surface area contributed by atoms with Crippen molar-refractivity contribution in [3.05, 3.63) is 0 Å². The monoisotopic (exact) mass is 290 g/mol. The van der Waals surface area contributed by atoms with Crippen LogP contribution in [0.3, 0.4) is 0 Å². The van der Waals surface area contributed by atoms with Crippen LogP contribution in [0.2, 0.25) is 0 Å². The number of carbonyl (C=O) groups excluding carboxylic acids is 2. The van der Waals surface area contributed by atoms with Gasteiger partial charge in [-0.25, -0.2) is 4.79 Å². The predicted octanol–water partition coefficient (Wildman–Crippen LogP) is 1.03. The summed E-state index contributed by atoms with van der Waals surface area (Å²) in [5.41, 5.74) is -0.508. The van der Waals surface area contributed by atoms with Gasteiger partial charge in [0, 0.05) is 13.7 Å². The third kappa shape index (κ3) is 11.7. The molecule has 0 aromatic heterocycles.